The van der Waals surface area contributed by atoms with Crippen LogP contribution in [0.3, 0.4) is 0 Å². The molecule has 2 atom stereocenters. The number of carbonyl (C=O) groups excluding carboxylic acids is 2. The smallest absolute Gasteiger partial charge is 0.270 e. The summed E-state index contributed by atoms with van der Waals surface area (Å²) in [6.07, 6.45) is 3.79. The summed E-state index contributed by atoms with van der Waals surface area (Å²) in [6, 6.07) is 2.81. The summed E-state index contributed by atoms with van der Waals surface area (Å²) in [5.41, 5.74) is 1.38. The number of nitrogens with one attached hydrogen (secondary N) is 2. The van der Waals surface area contributed by atoms with Crippen LogP contribution in [0.25, 0.3) is 0 Å². The number of nitrogens with zero attached hydrogens (tertiary/aromatic N) is 2. The van der Waals surface area contributed by atoms with Gasteiger partial charge in [0.25, 0.3) is 5.91 Å². The van der Waals surface area contributed by atoms with Crippen molar-refractivity contribution >= 4 is 17.5 Å². The lowest BCUT2D eigenvalue weighted by Crippen LogP contribution is -2.53. The average Bonchev–Trinajstić information content (AvgIpc) is 2.81. The Morgan fingerprint density at radius 2 is 1.89 bits per heavy atom. The van der Waals surface area contributed by atoms with Gasteiger partial charge in [-0.15, -0.1) is 0 Å². The standard InChI is InChI=1S/C28H42F2N4O2/c1-8-19-11-10-12-21(17-34(9-2)16-19)24(26(35)33-25(27(36)31-7)28(4,5)6)32-18(3)20-13-14-22(29)23(30)15-20/h13-15,19,25H,8-12,16-17H2,1-7H3,(H,31,36)(H,33,35)/b24-21+,32-18?/t19?,25-/m1/s1. The quantitative estimate of drug-likeness (QED) is 0.412. The third-order valence-electron chi connectivity index (χ3n) is 6.86. The number of likely N-dealkylation sites (tertiary alicyclic amines) is 1. The van der Waals surface area contributed by atoms with Gasteiger partial charge >= 0.3 is 0 Å². The molecule has 1 aromatic rings. The molecular formula is C28H42F2N4O2. The molecule has 2 amide bonds. The van der Waals surface area contributed by atoms with Crippen LogP contribution in [0.2, 0.25) is 0 Å². The molecule has 1 heterocycles. The highest BCUT2D eigenvalue weighted by atomic mass is 19.2. The van der Waals surface area contributed by atoms with Crippen LogP contribution in [-0.4, -0.2) is 55.1 Å². The summed E-state index contributed by atoms with van der Waals surface area (Å²) in [5, 5.41) is 5.53. The lowest BCUT2D eigenvalue weighted by Gasteiger charge is -2.32. The molecule has 1 unspecified atom stereocenters. The molecule has 200 valence electrons. The van der Waals surface area contributed by atoms with Gasteiger partial charge < -0.3 is 10.6 Å². The molecule has 6 nitrogen and oxygen atoms in total. The van der Waals surface area contributed by atoms with Gasteiger partial charge in [0.05, 0.1) is 0 Å². The number of benzene rings is 1. The van der Waals surface area contributed by atoms with Crippen LogP contribution < -0.4 is 10.6 Å². The summed E-state index contributed by atoms with van der Waals surface area (Å²) in [5.74, 6) is -2.04. The molecule has 0 aromatic heterocycles. The summed E-state index contributed by atoms with van der Waals surface area (Å²) in [6.45, 7) is 14.0. The van der Waals surface area contributed by atoms with Crippen LogP contribution >= 0.6 is 0 Å². The second-order valence-corrected chi connectivity index (χ2v) is 10.7. The first-order chi connectivity index (χ1) is 16.9. The van der Waals surface area contributed by atoms with Crippen molar-refractivity contribution in [3.63, 3.8) is 0 Å². The van der Waals surface area contributed by atoms with Crippen molar-refractivity contribution in [3.05, 3.63) is 46.7 Å². The number of aliphatic imine (C=N–C) groups is 1. The van der Waals surface area contributed by atoms with Crippen molar-refractivity contribution in [2.24, 2.45) is 16.3 Å². The lowest BCUT2D eigenvalue weighted by atomic mass is 9.86. The summed E-state index contributed by atoms with van der Waals surface area (Å²) < 4.78 is 27.4. The molecular weight excluding hydrogens is 462 g/mol. The Morgan fingerprint density at radius 3 is 2.44 bits per heavy atom. The van der Waals surface area contributed by atoms with E-state index in [2.05, 4.69) is 34.4 Å². The molecule has 1 aliphatic rings. The Hall–Kier alpha value is -2.61. The minimum atomic E-state index is -0.971. The number of likely N-dealkylation sites (N-methyl/N-ethyl adjacent to an activating group) is 2. The van der Waals surface area contributed by atoms with Gasteiger partial charge in [-0.25, -0.2) is 13.8 Å². The number of hydrogen-bond acceptors (Lipinski definition) is 4. The number of amides is 2. The number of rotatable bonds is 7. The van der Waals surface area contributed by atoms with Gasteiger partial charge in [-0.1, -0.05) is 47.1 Å². The number of hydrogen-bond donors (Lipinski definition) is 2. The van der Waals surface area contributed by atoms with E-state index in [0.717, 1.165) is 50.1 Å². The zero-order chi connectivity index (χ0) is 27.0. The Bertz CT molecular complexity index is 998. The molecule has 2 N–H and O–H groups in total. The van der Waals surface area contributed by atoms with Crippen LogP contribution in [0.15, 0.2) is 34.5 Å². The molecule has 0 aliphatic carbocycles. The highest BCUT2D eigenvalue weighted by molar-refractivity contribution is 6.04. The Kier molecular flexibility index (Phi) is 10.8. The van der Waals surface area contributed by atoms with E-state index in [1.165, 1.54) is 13.1 Å². The summed E-state index contributed by atoms with van der Waals surface area (Å²) in [4.78, 5) is 33.3. The molecule has 1 aromatic carbocycles. The first-order valence-electron chi connectivity index (χ1n) is 12.9. The topological polar surface area (TPSA) is 73.8 Å². The van der Waals surface area contributed by atoms with Gasteiger partial charge in [0, 0.05) is 25.8 Å². The summed E-state index contributed by atoms with van der Waals surface area (Å²) in [7, 11) is 1.54. The van der Waals surface area contributed by atoms with Crippen LogP contribution in [0.4, 0.5) is 8.78 Å². The zero-order valence-corrected chi connectivity index (χ0v) is 22.8. The van der Waals surface area contributed by atoms with Gasteiger partial charge in [-0.05, 0) is 67.3 Å². The highest BCUT2D eigenvalue weighted by Crippen LogP contribution is 2.26. The molecule has 36 heavy (non-hydrogen) atoms. The van der Waals surface area contributed by atoms with Crippen molar-refractivity contribution in [2.45, 2.75) is 73.3 Å². The predicted octanol–water partition coefficient (Wildman–Crippen LogP) is 4.84. The molecule has 2 rings (SSSR count). The van der Waals surface area contributed by atoms with Gasteiger partial charge in [0.1, 0.15) is 11.7 Å². The largest absolute Gasteiger partial charge is 0.357 e. The monoisotopic (exact) mass is 504 g/mol. The Labute approximate surface area is 214 Å². The normalized spacial score (nSPS) is 20.2. The second kappa shape index (κ2) is 13.1. The van der Waals surface area contributed by atoms with Crippen molar-refractivity contribution < 1.29 is 18.4 Å². The van der Waals surface area contributed by atoms with Crippen molar-refractivity contribution in [3.8, 4) is 0 Å². The fourth-order valence-electron chi connectivity index (χ4n) is 4.50. The molecule has 1 fully saturated rings. The first kappa shape index (κ1) is 29.6. The lowest BCUT2D eigenvalue weighted by molar-refractivity contribution is -0.129. The van der Waals surface area contributed by atoms with Crippen molar-refractivity contribution in [1.82, 2.24) is 15.5 Å². The maximum Gasteiger partial charge on any atom is 0.270 e. The maximum atomic E-state index is 13.9. The van der Waals surface area contributed by atoms with Crippen LogP contribution in [0.5, 0.6) is 0 Å². The SMILES string of the molecule is CCC1CCC/C(=C(\N=C(C)c2ccc(F)c(F)c2)C(=O)N[C@H](C(=O)NC)C(C)(C)C)CN(CC)C1. The number of carbonyl (C=O) groups is 2. The molecule has 0 bridgehead atoms. The van der Waals surface area contributed by atoms with Crippen LogP contribution in [-0.2, 0) is 9.59 Å². The van der Waals surface area contributed by atoms with E-state index in [9.17, 15) is 18.4 Å². The van der Waals surface area contributed by atoms with Gasteiger partial charge in [-0.3, -0.25) is 14.5 Å². The van der Waals surface area contributed by atoms with E-state index in [1.807, 2.05) is 20.8 Å². The molecule has 0 saturated carbocycles. The predicted molar refractivity (Wildman–Crippen MR) is 141 cm³/mol. The minimum absolute atomic E-state index is 0.240. The average molecular weight is 505 g/mol. The number of halogens is 2. The fraction of sp³-hybridized carbons (Fsp3) is 0.607. The van der Waals surface area contributed by atoms with Crippen molar-refractivity contribution in [2.75, 3.05) is 26.7 Å². The molecule has 1 aliphatic heterocycles. The minimum Gasteiger partial charge on any atom is -0.357 e. The van der Waals surface area contributed by atoms with E-state index < -0.39 is 29.0 Å². The molecule has 0 spiro atoms. The van der Waals surface area contributed by atoms with Crippen LogP contribution in [0, 0.1) is 23.0 Å². The maximum absolute atomic E-state index is 13.9. The molecule has 0 radical (unpaired) electrons. The Balaban J connectivity index is 2.57. The second-order valence-electron chi connectivity index (χ2n) is 10.7. The highest BCUT2D eigenvalue weighted by Gasteiger charge is 2.33. The molecule has 8 heteroatoms. The van der Waals surface area contributed by atoms with Crippen LogP contribution in [0.1, 0.15) is 72.8 Å². The fourth-order valence-corrected chi connectivity index (χ4v) is 4.50. The summed E-state index contributed by atoms with van der Waals surface area (Å²) >= 11 is 0. The van der Waals surface area contributed by atoms with E-state index in [0.29, 0.717) is 30.2 Å². The van der Waals surface area contributed by atoms with E-state index in [-0.39, 0.29) is 11.6 Å². The van der Waals surface area contributed by atoms with E-state index in [1.54, 1.807) is 6.92 Å². The third kappa shape index (κ3) is 7.95. The van der Waals surface area contributed by atoms with Crippen molar-refractivity contribution in [1.29, 1.82) is 0 Å². The Morgan fingerprint density at radius 1 is 1.19 bits per heavy atom. The first-order valence-corrected chi connectivity index (χ1v) is 12.9. The molecule has 1 saturated heterocycles. The van der Waals surface area contributed by atoms with Gasteiger partial charge in [0.15, 0.2) is 11.6 Å². The van der Waals surface area contributed by atoms with Gasteiger partial charge in [-0.2, -0.15) is 0 Å². The van der Waals surface area contributed by atoms with E-state index in [4.69, 9.17) is 0 Å². The zero-order valence-electron chi connectivity index (χ0n) is 22.8. The van der Waals surface area contributed by atoms with Gasteiger partial charge in [0.2, 0.25) is 5.91 Å². The third-order valence-corrected chi connectivity index (χ3v) is 6.86. The van der Waals surface area contributed by atoms with E-state index >= 15 is 0 Å².